The molecule has 1 aliphatic rings. The fourth-order valence-electron chi connectivity index (χ4n) is 2.25. The van der Waals surface area contributed by atoms with Gasteiger partial charge < -0.3 is 14.9 Å². The first-order chi connectivity index (χ1) is 10.2. The summed E-state index contributed by atoms with van der Waals surface area (Å²) in [6.45, 7) is 7.11. The number of hydrogen-bond donors (Lipinski definition) is 2. The summed E-state index contributed by atoms with van der Waals surface area (Å²) in [6, 6.07) is 1.46. The Morgan fingerprint density at radius 2 is 2.27 bits per heavy atom. The molecule has 0 bridgehead atoms. The SMILES string of the molecule is CN(CC(C(=O)O)c1cc(C(C)(C)C)on1)N1CCNC1=O. The van der Waals surface area contributed by atoms with Crippen LogP contribution in [0.4, 0.5) is 4.79 Å². The maximum atomic E-state index is 11.6. The van der Waals surface area contributed by atoms with E-state index in [0.717, 1.165) is 0 Å². The molecule has 1 unspecified atom stereocenters. The van der Waals surface area contributed by atoms with Crippen molar-refractivity contribution in [2.75, 3.05) is 26.7 Å². The third-order valence-corrected chi connectivity index (χ3v) is 3.62. The number of aromatic nitrogens is 1. The number of amides is 2. The van der Waals surface area contributed by atoms with Gasteiger partial charge in [0, 0.05) is 31.6 Å². The third-order valence-electron chi connectivity index (χ3n) is 3.62. The standard InChI is InChI=1S/C14H22N4O4/c1-14(2,3)11-7-10(16-22-11)9(12(19)20)8-17(4)18-6-5-15-13(18)21/h7,9H,5-6,8H2,1-4H3,(H,15,21)(H,19,20). The number of carboxylic acids is 1. The highest BCUT2D eigenvalue weighted by Crippen LogP contribution is 2.26. The Balaban J connectivity index is 2.15. The van der Waals surface area contributed by atoms with Crippen LogP contribution in [0, 0.1) is 0 Å². The molecule has 1 aliphatic heterocycles. The van der Waals surface area contributed by atoms with Crippen molar-refractivity contribution in [2.24, 2.45) is 0 Å². The van der Waals surface area contributed by atoms with Crippen LogP contribution in [-0.4, -0.2) is 59.0 Å². The summed E-state index contributed by atoms with van der Waals surface area (Å²) in [4.78, 5) is 23.2. The zero-order valence-electron chi connectivity index (χ0n) is 13.3. The number of nitrogens with zero attached hydrogens (tertiary/aromatic N) is 3. The molecule has 0 saturated carbocycles. The summed E-state index contributed by atoms with van der Waals surface area (Å²) >= 11 is 0. The van der Waals surface area contributed by atoms with Crippen LogP contribution in [0.5, 0.6) is 0 Å². The summed E-state index contributed by atoms with van der Waals surface area (Å²) in [5, 5.41) is 19.1. The van der Waals surface area contributed by atoms with Crippen molar-refractivity contribution in [3.05, 3.63) is 17.5 Å². The molecule has 1 fully saturated rings. The van der Waals surface area contributed by atoms with Crippen LogP contribution in [0.1, 0.15) is 38.1 Å². The number of carbonyl (C=O) groups excluding carboxylic acids is 1. The zero-order chi connectivity index (χ0) is 16.5. The van der Waals surface area contributed by atoms with Gasteiger partial charge in [0.15, 0.2) is 0 Å². The van der Waals surface area contributed by atoms with Gasteiger partial charge in [-0.1, -0.05) is 25.9 Å². The number of hydrazine groups is 1. The second-order valence-corrected chi connectivity index (χ2v) is 6.45. The number of hydrogen-bond acceptors (Lipinski definition) is 5. The molecule has 2 N–H and O–H groups in total. The first kappa shape index (κ1) is 16.3. The molecule has 0 aromatic carbocycles. The molecule has 0 spiro atoms. The third kappa shape index (κ3) is 3.38. The number of likely N-dealkylation sites (N-methyl/N-ethyl adjacent to an activating group) is 1. The number of carboxylic acid groups (broad SMARTS) is 1. The summed E-state index contributed by atoms with van der Waals surface area (Å²) < 4.78 is 5.26. The maximum Gasteiger partial charge on any atom is 0.332 e. The summed E-state index contributed by atoms with van der Waals surface area (Å²) in [5.74, 6) is -1.23. The smallest absolute Gasteiger partial charge is 0.332 e. The van der Waals surface area contributed by atoms with Crippen molar-refractivity contribution < 1.29 is 19.2 Å². The molecule has 0 radical (unpaired) electrons. The fraction of sp³-hybridized carbons (Fsp3) is 0.643. The normalized spacial score (nSPS) is 17.0. The number of rotatable bonds is 5. The van der Waals surface area contributed by atoms with Gasteiger partial charge in [0.1, 0.15) is 11.7 Å². The van der Waals surface area contributed by atoms with Crippen LogP contribution in [0.25, 0.3) is 0 Å². The maximum absolute atomic E-state index is 11.6. The lowest BCUT2D eigenvalue weighted by molar-refractivity contribution is -0.140. The van der Waals surface area contributed by atoms with Crippen LogP contribution >= 0.6 is 0 Å². The quantitative estimate of drug-likeness (QED) is 0.842. The molecule has 2 heterocycles. The Hall–Kier alpha value is -2.09. The van der Waals surface area contributed by atoms with Crippen molar-refractivity contribution in [2.45, 2.75) is 32.1 Å². The predicted octanol–water partition coefficient (Wildman–Crippen LogP) is 1.01. The Bertz CT molecular complexity index is 563. The highest BCUT2D eigenvalue weighted by molar-refractivity contribution is 5.77. The second-order valence-electron chi connectivity index (χ2n) is 6.45. The van der Waals surface area contributed by atoms with Gasteiger partial charge in [-0.15, -0.1) is 0 Å². The summed E-state index contributed by atoms with van der Waals surface area (Å²) in [5.41, 5.74) is 0.124. The van der Waals surface area contributed by atoms with Crippen molar-refractivity contribution in [3.63, 3.8) is 0 Å². The molecular weight excluding hydrogens is 288 g/mol. The largest absolute Gasteiger partial charge is 0.481 e. The molecule has 2 amide bonds. The van der Waals surface area contributed by atoms with Gasteiger partial charge in [-0.2, -0.15) is 0 Å². The Kier molecular flexibility index (Phi) is 4.41. The van der Waals surface area contributed by atoms with E-state index in [1.165, 1.54) is 5.01 Å². The second kappa shape index (κ2) is 5.96. The summed E-state index contributed by atoms with van der Waals surface area (Å²) in [6.07, 6.45) is 0. The molecule has 1 aromatic heterocycles. The molecule has 0 aliphatic carbocycles. The van der Waals surface area contributed by atoms with E-state index in [1.807, 2.05) is 20.8 Å². The minimum Gasteiger partial charge on any atom is -0.481 e. The molecule has 1 saturated heterocycles. The van der Waals surface area contributed by atoms with E-state index in [9.17, 15) is 14.7 Å². The Morgan fingerprint density at radius 1 is 1.59 bits per heavy atom. The van der Waals surface area contributed by atoms with E-state index in [1.54, 1.807) is 18.1 Å². The molecule has 1 aromatic rings. The summed E-state index contributed by atoms with van der Waals surface area (Å²) in [7, 11) is 1.69. The first-order valence-corrected chi connectivity index (χ1v) is 7.16. The van der Waals surface area contributed by atoms with Crippen molar-refractivity contribution >= 4 is 12.0 Å². The van der Waals surface area contributed by atoms with E-state index >= 15 is 0 Å². The van der Waals surface area contributed by atoms with Crippen molar-refractivity contribution in [1.29, 1.82) is 0 Å². The van der Waals surface area contributed by atoms with Gasteiger partial charge in [0.05, 0.1) is 12.2 Å². The van der Waals surface area contributed by atoms with Crippen molar-refractivity contribution in [3.8, 4) is 0 Å². The molecule has 8 heteroatoms. The average molecular weight is 310 g/mol. The number of carbonyl (C=O) groups is 2. The van der Waals surface area contributed by atoms with Crippen LogP contribution in [0.2, 0.25) is 0 Å². The topological polar surface area (TPSA) is 98.9 Å². The fourth-order valence-corrected chi connectivity index (χ4v) is 2.25. The number of nitrogens with one attached hydrogen (secondary N) is 1. The van der Waals surface area contributed by atoms with Gasteiger partial charge >= 0.3 is 12.0 Å². The van der Waals surface area contributed by atoms with E-state index in [4.69, 9.17) is 4.52 Å². The van der Waals surface area contributed by atoms with Crippen molar-refractivity contribution in [1.82, 2.24) is 20.5 Å². The Labute approximate surface area is 129 Å². The van der Waals surface area contributed by atoms with Gasteiger partial charge in [0.2, 0.25) is 0 Å². The molecule has 1 atom stereocenters. The minimum absolute atomic E-state index is 0.138. The van der Waals surface area contributed by atoms with Crippen LogP contribution in [0.3, 0.4) is 0 Å². The monoisotopic (exact) mass is 310 g/mol. The number of aliphatic carboxylic acids is 1. The Morgan fingerprint density at radius 3 is 2.73 bits per heavy atom. The van der Waals surface area contributed by atoms with Gasteiger partial charge in [-0.3, -0.25) is 9.80 Å². The van der Waals surface area contributed by atoms with Crippen LogP contribution in [0.15, 0.2) is 10.6 Å². The highest BCUT2D eigenvalue weighted by atomic mass is 16.5. The van der Waals surface area contributed by atoms with Crippen LogP contribution < -0.4 is 5.32 Å². The van der Waals surface area contributed by atoms with E-state index in [2.05, 4.69) is 10.5 Å². The lowest BCUT2D eigenvalue weighted by atomic mass is 9.92. The predicted molar refractivity (Wildman–Crippen MR) is 78.3 cm³/mol. The average Bonchev–Trinajstić information content (AvgIpc) is 3.03. The highest BCUT2D eigenvalue weighted by Gasteiger charge is 2.32. The van der Waals surface area contributed by atoms with E-state index in [0.29, 0.717) is 24.5 Å². The van der Waals surface area contributed by atoms with Gasteiger partial charge in [-0.05, 0) is 0 Å². The first-order valence-electron chi connectivity index (χ1n) is 7.16. The molecule has 8 nitrogen and oxygen atoms in total. The lowest BCUT2D eigenvalue weighted by Gasteiger charge is -2.28. The molecule has 22 heavy (non-hydrogen) atoms. The zero-order valence-corrected chi connectivity index (χ0v) is 13.3. The number of urea groups is 1. The van der Waals surface area contributed by atoms with Crippen LogP contribution in [-0.2, 0) is 10.2 Å². The van der Waals surface area contributed by atoms with E-state index in [-0.39, 0.29) is 18.0 Å². The lowest BCUT2D eigenvalue weighted by Crippen LogP contribution is -2.45. The molecule has 2 rings (SSSR count). The molecular formula is C14H22N4O4. The minimum atomic E-state index is -1.000. The van der Waals surface area contributed by atoms with Gasteiger partial charge in [0.25, 0.3) is 0 Å². The molecule has 122 valence electrons. The van der Waals surface area contributed by atoms with Gasteiger partial charge in [-0.25, -0.2) is 9.80 Å². The van der Waals surface area contributed by atoms with E-state index < -0.39 is 11.9 Å².